The van der Waals surface area contributed by atoms with Gasteiger partial charge in [0.25, 0.3) is 0 Å². The van der Waals surface area contributed by atoms with Crippen LogP contribution in [0.15, 0.2) is 5.16 Å². The van der Waals surface area contributed by atoms with E-state index < -0.39 is 5.92 Å². The largest absolute Gasteiger partial charge is 0.409 e. The number of carbonyl (C=O) groups excluding carboxylic acids is 2. The van der Waals surface area contributed by atoms with E-state index in [1.54, 1.807) is 13.8 Å². The SMILES string of the molecule is CC(C)NC(=O)CN(C)C(=O)C(C(N)=NO)C(C)C. The molecular weight excluding hydrogens is 248 g/mol. The van der Waals surface area contributed by atoms with Crippen molar-refractivity contribution in [2.45, 2.75) is 33.7 Å². The highest BCUT2D eigenvalue weighted by molar-refractivity contribution is 6.03. The molecule has 1 atom stereocenters. The molecule has 0 saturated carbocycles. The van der Waals surface area contributed by atoms with Gasteiger partial charge in [0.2, 0.25) is 11.8 Å². The molecule has 0 aliphatic carbocycles. The van der Waals surface area contributed by atoms with E-state index in [1.165, 1.54) is 11.9 Å². The third-order valence-electron chi connectivity index (χ3n) is 2.57. The lowest BCUT2D eigenvalue weighted by atomic mass is 9.93. The summed E-state index contributed by atoms with van der Waals surface area (Å²) in [5, 5.41) is 14.3. The number of nitrogens with one attached hydrogen (secondary N) is 1. The summed E-state index contributed by atoms with van der Waals surface area (Å²) in [5.74, 6) is -1.59. The van der Waals surface area contributed by atoms with Crippen LogP contribution < -0.4 is 11.1 Å². The molecule has 0 rings (SSSR count). The second-order valence-electron chi connectivity index (χ2n) is 5.16. The van der Waals surface area contributed by atoms with Crippen molar-refractivity contribution in [1.29, 1.82) is 0 Å². The second-order valence-corrected chi connectivity index (χ2v) is 5.16. The molecule has 1 unspecified atom stereocenters. The number of hydrogen-bond donors (Lipinski definition) is 3. The van der Waals surface area contributed by atoms with Crippen molar-refractivity contribution in [2.24, 2.45) is 22.7 Å². The lowest BCUT2D eigenvalue weighted by molar-refractivity contribution is -0.137. The van der Waals surface area contributed by atoms with Gasteiger partial charge >= 0.3 is 0 Å². The van der Waals surface area contributed by atoms with Crippen molar-refractivity contribution in [2.75, 3.05) is 13.6 Å². The minimum absolute atomic E-state index is 0.0148. The van der Waals surface area contributed by atoms with Crippen LogP contribution in [-0.2, 0) is 9.59 Å². The fourth-order valence-electron chi connectivity index (χ4n) is 1.71. The molecule has 2 amide bonds. The molecule has 7 heteroatoms. The zero-order chi connectivity index (χ0) is 15.2. The average molecular weight is 272 g/mol. The zero-order valence-corrected chi connectivity index (χ0v) is 12.2. The van der Waals surface area contributed by atoms with Gasteiger partial charge in [0, 0.05) is 13.1 Å². The first-order chi connectivity index (χ1) is 8.70. The first-order valence-corrected chi connectivity index (χ1v) is 6.22. The van der Waals surface area contributed by atoms with E-state index in [2.05, 4.69) is 10.5 Å². The van der Waals surface area contributed by atoms with Crippen LogP contribution in [0.25, 0.3) is 0 Å². The molecule has 4 N–H and O–H groups in total. The molecule has 0 fully saturated rings. The van der Waals surface area contributed by atoms with E-state index >= 15 is 0 Å². The maximum atomic E-state index is 12.2. The highest BCUT2D eigenvalue weighted by Gasteiger charge is 2.30. The van der Waals surface area contributed by atoms with Gasteiger partial charge < -0.3 is 21.2 Å². The topological polar surface area (TPSA) is 108 Å². The molecule has 7 nitrogen and oxygen atoms in total. The first-order valence-electron chi connectivity index (χ1n) is 6.22. The van der Waals surface area contributed by atoms with Crippen molar-refractivity contribution in [1.82, 2.24) is 10.2 Å². The summed E-state index contributed by atoms with van der Waals surface area (Å²) in [5.41, 5.74) is 5.52. The Hall–Kier alpha value is -1.79. The minimum atomic E-state index is -0.734. The number of likely N-dealkylation sites (N-methyl/N-ethyl adjacent to an activating group) is 1. The standard InChI is InChI=1S/C12H24N4O3/c1-7(2)10(11(13)15-19)12(18)16(5)6-9(17)14-8(3)4/h7-8,10,19H,6H2,1-5H3,(H2,13,15)(H,14,17). The van der Waals surface area contributed by atoms with Crippen molar-refractivity contribution < 1.29 is 14.8 Å². The van der Waals surface area contributed by atoms with E-state index in [0.717, 1.165) is 0 Å². The molecule has 19 heavy (non-hydrogen) atoms. The van der Waals surface area contributed by atoms with Gasteiger partial charge in [0.15, 0.2) is 5.84 Å². The molecule has 0 heterocycles. The van der Waals surface area contributed by atoms with Gasteiger partial charge in [-0.15, -0.1) is 0 Å². The Morgan fingerprint density at radius 1 is 1.32 bits per heavy atom. The molecule has 0 bridgehead atoms. The summed E-state index contributed by atoms with van der Waals surface area (Å²) in [6.07, 6.45) is 0. The summed E-state index contributed by atoms with van der Waals surface area (Å²) < 4.78 is 0. The first kappa shape index (κ1) is 17.2. The van der Waals surface area contributed by atoms with Crippen LogP contribution in [-0.4, -0.2) is 47.4 Å². The van der Waals surface area contributed by atoms with Crippen molar-refractivity contribution in [3.8, 4) is 0 Å². The number of amidine groups is 1. The zero-order valence-electron chi connectivity index (χ0n) is 12.2. The van der Waals surface area contributed by atoms with E-state index in [0.29, 0.717) is 0 Å². The van der Waals surface area contributed by atoms with Gasteiger partial charge in [0.1, 0.15) is 5.92 Å². The molecule has 0 radical (unpaired) electrons. The van der Waals surface area contributed by atoms with Gasteiger partial charge in [-0.3, -0.25) is 9.59 Å². The quantitative estimate of drug-likeness (QED) is 0.273. The summed E-state index contributed by atoms with van der Waals surface area (Å²) in [6, 6.07) is 0.0148. The number of oxime groups is 1. The van der Waals surface area contributed by atoms with E-state index in [4.69, 9.17) is 10.9 Å². The third-order valence-corrected chi connectivity index (χ3v) is 2.57. The maximum absolute atomic E-state index is 12.2. The van der Waals surface area contributed by atoms with E-state index in [9.17, 15) is 9.59 Å². The number of carbonyl (C=O) groups is 2. The Balaban J connectivity index is 4.74. The Kier molecular flexibility index (Phi) is 6.89. The Morgan fingerprint density at radius 3 is 2.21 bits per heavy atom. The van der Waals surface area contributed by atoms with Crippen LogP contribution in [0.5, 0.6) is 0 Å². The van der Waals surface area contributed by atoms with Crippen LogP contribution >= 0.6 is 0 Å². The molecule has 0 spiro atoms. The van der Waals surface area contributed by atoms with Crippen LogP contribution in [0.1, 0.15) is 27.7 Å². The van der Waals surface area contributed by atoms with Crippen molar-refractivity contribution >= 4 is 17.6 Å². The summed E-state index contributed by atoms with van der Waals surface area (Å²) in [7, 11) is 1.52. The molecule has 0 saturated heterocycles. The van der Waals surface area contributed by atoms with E-state index in [-0.39, 0.29) is 36.2 Å². The Labute approximate surface area is 113 Å². The second kappa shape index (κ2) is 7.60. The number of nitrogens with two attached hydrogens (primary N) is 1. The number of rotatable bonds is 6. The number of hydrogen-bond acceptors (Lipinski definition) is 4. The van der Waals surface area contributed by atoms with E-state index in [1.807, 2.05) is 13.8 Å². The van der Waals surface area contributed by atoms with Crippen LogP contribution in [0.4, 0.5) is 0 Å². The Morgan fingerprint density at radius 2 is 1.84 bits per heavy atom. The van der Waals surface area contributed by atoms with Crippen molar-refractivity contribution in [3.05, 3.63) is 0 Å². The van der Waals surface area contributed by atoms with Crippen molar-refractivity contribution in [3.63, 3.8) is 0 Å². The monoisotopic (exact) mass is 272 g/mol. The molecular formula is C12H24N4O3. The highest BCUT2D eigenvalue weighted by Crippen LogP contribution is 2.14. The number of nitrogens with zero attached hydrogens (tertiary/aromatic N) is 2. The fraction of sp³-hybridized carbons (Fsp3) is 0.750. The van der Waals surface area contributed by atoms with Gasteiger partial charge in [0.05, 0.1) is 6.54 Å². The molecule has 110 valence electrons. The van der Waals surface area contributed by atoms with Crippen LogP contribution in [0.3, 0.4) is 0 Å². The molecule has 0 aliphatic rings. The number of amides is 2. The predicted molar refractivity (Wildman–Crippen MR) is 72.7 cm³/mol. The predicted octanol–water partition coefficient (Wildman–Crippen LogP) is -0.0120. The van der Waals surface area contributed by atoms with Gasteiger partial charge in [-0.2, -0.15) is 0 Å². The molecule has 0 aromatic heterocycles. The smallest absolute Gasteiger partial charge is 0.239 e. The fourth-order valence-corrected chi connectivity index (χ4v) is 1.71. The molecule has 0 aliphatic heterocycles. The van der Waals surface area contributed by atoms with Crippen LogP contribution in [0.2, 0.25) is 0 Å². The van der Waals surface area contributed by atoms with Crippen LogP contribution in [0, 0.1) is 11.8 Å². The summed E-state index contributed by atoms with van der Waals surface area (Å²) in [4.78, 5) is 25.0. The summed E-state index contributed by atoms with van der Waals surface area (Å²) >= 11 is 0. The lowest BCUT2D eigenvalue weighted by Gasteiger charge is -2.25. The molecule has 0 aromatic rings. The highest BCUT2D eigenvalue weighted by atomic mass is 16.4. The van der Waals surface area contributed by atoms with Gasteiger partial charge in [-0.1, -0.05) is 19.0 Å². The molecule has 0 aromatic carbocycles. The van der Waals surface area contributed by atoms with Gasteiger partial charge in [-0.05, 0) is 19.8 Å². The summed E-state index contributed by atoms with van der Waals surface area (Å²) in [6.45, 7) is 7.21. The Bertz CT molecular complexity index is 353. The lowest BCUT2D eigenvalue weighted by Crippen LogP contribution is -2.47. The average Bonchev–Trinajstić information content (AvgIpc) is 2.26. The van der Waals surface area contributed by atoms with Gasteiger partial charge in [-0.25, -0.2) is 0 Å². The minimum Gasteiger partial charge on any atom is -0.409 e. The third kappa shape index (κ3) is 5.58. The normalized spacial score (nSPS) is 13.5. The maximum Gasteiger partial charge on any atom is 0.239 e.